The molecule has 7 heterocycles. The molecule has 0 saturated carbocycles. The Kier molecular flexibility index (Phi) is 13.2. The molecule has 0 aliphatic carbocycles. The summed E-state index contributed by atoms with van der Waals surface area (Å²) in [6, 6.07) is 28.3. The molecule has 11 rings (SSSR count). The summed E-state index contributed by atoms with van der Waals surface area (Å²) in [5, 5.41) is 17.5. The van der Waals surface area contributed by atoms with E-state index in [4.69, 9.17) is 18.9 Å². The standard InChI is InChI=1S/C42H44N4O8/c1-5-51-37(47)41(38(48)52-6-2)25-29-9-17-33(18-10-29)43-45-35-21-13-31(14-22-35)27-42(39(49)53-7-3,40(50)54-8-4)28-32-15-23-36(24-16-32)46-44-34-19-11-30(26-41)12-20-34/h9-24H,5-8,25-28H2,1-4H3. The lowest BCUT2D eigenvalue weighted by Gasteiger charge is -2.29. The molecular weight excluding hydrogens is 688 g/mol. The predicted molar refractivity (Wildman–Crippen MR) is 200 cm³/mol. The van der Waals surface area contributed by atoms with E-state index in [9.17, 15) is 19.2 Å². The summed E-state index contributed by atoms with van der Waals surface area (Å²) in [7, 11) is 0. The van der Waals surface area contributed by atoms with Gasteiger partial charge in [0.05, 0.1) is 49.2 Å². The van der Waals surface area contributed by atoms with Crippen LogP contribution in [0.15, 0.2) is 118 Å². The summed E-state index contributed by atoms with van der Waals surface area (Å²) in [5.74, 6) is -2.67. The minimum absolute atomic E-state index is 0.0279. The van der Waals surface area contributed by atoms with Crippen molar-refractivity contribution >= 4 is 46.6 Å². The van der Waals surface area contributed by atoms with E-state index in [1.165, 1.54) is 0 Å². The molecule has 8 bridgehead atoms. The molecule has 7 aliphatic rings. The molecule has 12 heteroatoms. The number of benzene rings is 4. The fraction of sp³-hybridized carbons (Fsp3) is 0.333. The van der Waals surface area contributed by atoms with Crippen LogP contribution in [0.1, 0.15) is 49.9 Å². The number of rotatable bonds is 8. The Labute approximate surface area is 314 Å². The lowest BCUT2D eigenvalue weighted by Crippen LogP contribution is -2.45. The maximum atomic E-state index is 13.6. The van der Waals surface area contributed by atoms with Crippen molar-refractivity contribution in [3.05, 3.63) is 119 Å². The monoisotopic (exact) mass is 732 g/mol. The summed E-state index contributed by atoms with van der Waals surface area (Å²) >= 11 is 0. The van der Waals surface area contributed by atoms with E-state index in [1.54, 1.807) is 125 Å². The van der Waals surface area contributed by atoms with Gasteiger partial charge in [0.15, 0.2) is 10.8 Å². The first-order chi connectivity index (χ1) is 26.1. The van der Waals surface area contributed by atoms with E-state index >= 15 is 0 Å². The molecule has 0 amide bonds. The average molecular weight is 733 g/mol. The Hall–Kier alpha value is -6.04. The lowest BCUT2D eigenvalue weighted by atomic mass is 9.76. The number of nitrogens with zero attached hydrogens (tertiary/aromatic N) is 4. The summed E-state index contributed by atoms with van der Waals surface area (Å²) in [6.45, 7) is 7.16. The molecular formula is C42H44N4O8. The third kappa shape index (κ3) is 9.30. The minimum atomic E-state index is -1.65. The highest BCUT2D eigenvalue weighted by molar-refractivity contribution is 6.01. The molecule has 0 unspecified atom stereocenters. The van der Waals surface area contributed by atoms with Crippen molar-refractivity contribution in [2.45, 2.75) is 53.4 Å². The van der Waals surface area contributed by atoms with E-state index < -0.39 is 34.7 Å². The fourth-order valence-electron chi connectivity index (χ4n) is 6.29. The second kappa shape index (κ2) is 18.1. The number of azo groups is 2. The fourth-order valence-corrected chi connectivity index (χ4v) is 6.29. The van der Waals surface area contributed by atoms with Gasteiger partial charge >= 0.3 is 23.9 Å². The third-order valence-electron chi connectivity index (χ3n) is 9.00. The molecule has 0 aromatic heterocycles. The van der Waals surface area contributed by atoms with Crippen molar-refractivity contribution in [1.82, 2.24) is 0 Å². The van der Waals surface area contributed by atoms with Crippen molar-refractivity contribution in [2.24, 2.45) is 31.3 Å². The smallest absolute Gasteiger partial charge is 0.324 e. The van der Waals surface area contributed by atoms with E-state index in [0.29, 0.717) is 45.0 Å². The average Bonchev–Trinajstić information content (AvgIpc) is 3.18. The molecule has 7 aliphatic heterocycles. The van der Waals surface area contributed by atoms with Gasteiger partial charge in [-0.3, -0.25) is 19.2 Å². The second-order valence-electron chi connectivity index (χ2n) is 12.8. The topological polar surface area (TPSA) is 155 Å². The highest BCUT2D eigenvalue weighted by atomic mass is 16.6. The van der Waals surface area contributed by atoms with Crippen LogP contribution in [-0.2, 0) is 63.8 Å². The predicted octanol–water partition coefficient (Wildman–Crippen LogP) is 8.63. The van der Waals surface area contributed by atoms with Crippen LogP contribution in [-0.4, -0.2) is 50.3 Å². The summed E-state index contributed by atoms with van der Waals surface area (Å²) in [4.78, 5) is 54.6. The van der Waals surface area contributed by atoms with E-state index in [2.05, 4.69) is 20.5 Å². The molecule has 4 aromatic carbocycles. The number of hydrogen-bond donors (Lipinski definition) is 0. The van der Waals surface area contributed by atoms with Crippen LogP contribution in [0, 0.1) is 10.8 Å². The maximum Gasteiger partial charge on any atom is 0.324 e. The van der Waals surface area contributed by atoms with Gasteiger partial charge in [-0.2, -0.15) is 20.5 Å². The Morgan fingerprint density at radius 2 is 0.574 bits per heavy atom. The van der Waals surface area contributed by atoms with Gasteiger partial charge in [-0.05, 0) is 124 Å². The molecule has 0 radical (unpaired) electrons. The van der Waals surface area contributed by atoms with Gasteiger partial charge in [-0.25, -0.2) is 0 Å². The lowest BCUT2D eigenvalue weighted by molar-refractivity contribution is -0.173. The van der Waals surface area contributed by atoms with Crippen molar-refractivity contribution in [2.75, 3.05) is 26.4 Å². The Balaban J connectivity index is 1.58. The minimum Gasteiger partial charge on any atom is -0.465 e. The molecule has 0 N–H and O–H groups in total. The van der Waals surface area contributed by atoms with E-state index in [0.717, 1.165) is 0 Å². The Morgan fingerprint density at radius 1 is 0.389 bits per heavy atom. The first kappa shape index (κ1) is 39.2. The number of esters is 4. The number of carbonyl (C=O) groups excluding carboxylic acids is 4. The van der Waals surface area contributed by atoms with Gasteiger partial charge in [0, 0.05) is 0 Å². The molecule has 0 atom stereocenters. The van der Waals surface area contributed by atoms with E-state index in [1.807, 2.05) is 0 Å². The summed E-state index contributed by atoms with van der Waals surface area (Å²) in [6.07, 6.45) is 0.111. The summed E-state index contributed by atoms with van der Waals surface area (Å²) < 4.78 is 21.9. The van der Waals surface area contributed by atoms with Gasteiger partial charge in [-0.15, -0.1) is 0 Å². The number of hydrogen-bond acceptors (Lipinski definition) is 12. The number of ether oxygens (including phenoxy) is 4. The molecule has 0 fully saturated rings. The van der Waals surface area contributed by atoms with Crippen LogP contribution in [0.3, 0.4) is 0 Å². The van der Waals surface area contributed by atoms with Crippen LogP contribution in [0.25, 0.3) is 0 Å². The van der Waals surface area contributed by atoms with E-state index in [-0.39, 0.29) is 52.1 Å². The zero-order valence-electron chi connectivity index (χ0n) is 30.9. The molecule has 280 valence electrons. The quantitative estimate of drug-likeness (QED) is 0.0991. The van der Waals surface area contributed by atoms with Gasteiger partial charge < -0.3 is 18.9 Å². The Bertz CT molecular complexity index is 1680. The van der Waals surface area contributed by atoms with Gasteiger partial charge in [-0.1, -0.05) is 48.5 Å². The first-order valence-corrected chi connectivity index (χ1v) is 18.0. The van der Waals surface area contributed by atoms with Gasteiger partial charge in [0.2, 0.25) is 0 Å². The second-order valence-corrected chi connectivity index (χ2v) is 12.8. The van der Waals surface area contributed by atoms with Crippen molar-refractivity contribution in [3.8, 4) is 0 Å². The maximum absolute atomic E-state index is 13.6. The van der Waals surface area contributed by atoms with Gasteiger partial charge in [0.1, 0.15) is 0 Å². The largest absolute Gasteiger partial charge is 0.465 e. The zero-order valence-corrected chi connectivity index (χ0v) is 30.9. The molecule has 54 heavy (non-hydrogen) atoms. The first-order valence-electron chi connectivity index (χ1n) is 18.0. The molecule has 0 spiro atoms. The SMILES string of the molecule is CCOC(=O)C1(C(=O)OCC)Cc2ccc(cc2)N=Nc2ccc(cc2)CC(C(=O)OCC)(C(=O)OCC)Cc2ccc(cc2)N=Nc2ccc(cc2)C1. The molecule has 0 saturated heterocycles. The Morgan fingerprint density at radius 3 is 0.741 bits per heavy atom. The van der Waals surface area contributed by atoms with Crippen molar-refractivity contribution in [1.29, 1.82) is 0 Å². The zero-order chi connectivity index (χ0) is 38.6. The van der Waals surface area contributed by atoms with Crippen LogP contribution in [0.2, 0.25) is 0 Å². The number of carbonyl (C=O) groups is 4. The normalized spacial score (nSPS) is 14.7. The van der Waals surface area contributed by atoms with Crippen molar-refractivity contribution < 1.29 is 38.1 Å². The third-order valence-corrected chi connectivity index (χ3v) is 9.00. The summed E-state index contributed by atoms with van der Waals surface area (Å²) in [5.41, 5.74) is 1.67. The molecule has 12 nitrogen and oxygen atoms in total. The van der Waals surface area contributed by atoms with Gasteiger partial charge in [0.25, 0.3) is 0 Å². The van der Waals surface area contributed by atoms with Crippen LogP contribution in [0.4, 0.5) is 22.7 Å². The highest BCUT2D eigenvalue weighted by Gasteiger charge is 2.50. The van der Waals surface area contributed by atoms with Crippen molar-refractivity contribution in [3.63, 3.8) is 0 Å². The van der Waals surface area contributed by atoms with Crippen LogP contribution >= 0.6 is 0 Å². The molecule has 4 aromatic rings. The highest BCUT2D eigenvalue weighted by Crippen LogP contribution is 2.36. The van der Waals surface area contributed by atoms with Crippen LogP contribution < -0.4 is 0 Å². The van der Waals surface area contributed by atoms with Crippen LogP contribution in [0.5, 0.6) is 0 Å².